The number of hydrogen-bond donors (Lipinski definition) is 0. The molecule has 0 unspecified atom stereocenters. The lowest BCUT2D eigenvalue weighted by Gasteiger charge is -2.30. The van der Waals surface area contributed by atoms with E-state index in [0.717, 1.165) is 17.1 Å². The summed E-state index contributed by atoms with van der Waals surface area (Å²) in [4.78, 5) is 2.39. The molecule has 0 aliphatic carbocycles. The zero-order valence-electron chi connectivity index (χ0n) is 24.3. The van der Waals surface area contributed by atoms with Gasteiger partial charge in [0.25, 0.3) is 0 Å². The standard InChI is InChI=1S/C41H31NS/c1-41(2,30-13-5-3-6-14-30)31-15-11-18-33(26-31)42(32-16-7-4-8-17-32)34-23-25-38-37(27-34)36-24-22-29-21-20-28-12-9-10-19-35(28)39(29)40(36)43-38/h3-27H,1-2H3. The van der Waals surface area contributed by atoms with Crippen LogP contribution in [0.3, 0.4) is 0 Å². The first-order valence-electron chi connectivity index (χ1n) is 14.9. The van der Waals surface area contributed by atoms with E-state index in [2.05, 4.69) is 170 Å². The van der Waals surface area contributed by atoms with Crippen molar-refractivity contribution in [2.24, 2.45) is 0 Å². The Morgan fingerprint density at radius 2 is 1.12 bits per heavy atom. The van der Waals surface area contributed by atoms with Gasteiger partial charge >= 0.3 is 0 Å². The van der Waals surface area contributed by atoms with E-state index in [1.54, 1.807) is 0 Å². The second kappa shape index (κ2) is 10.1. The highest BCUT2D eigenvalue weighted by Gasteiger charge is 2.24. The molecule has 8 rings (SSSR count). The van der Waals surface area contributed by atoms with E-state index in [0.29, 0.717) is 0 Å². The Balaban J connectivity index is 1.32. The molecular formula is C41H31NS. The number of para-hydroxylation sites is 1. The second-order valence-electron chi connectivity index (χ2n) is 11.8. The predicted molar refractivity (Wildman–Crippen MR) is 188 cm³/mol. The zero-order chi connectivity index (χ0) is 29.0. The summed E-state index contributed by atoms with van der Waals surface area (Å²) in [5.74, 6) is 0. The number of hydrogen-bond acceptors (Lipinski definition) is 2. The number of rotatable bonds is 5. The van der Waals surface area contributed by atoms with Gasteiger partial charge < -0.3 is 4.90 Å². The quantitative estimate of drug-likeness (QED) is 0.186. The molecule has 0 bridgehead atoms. The lowest BCUT2D eigenvalue weighted by Crippen LogP contribution is -2.19. The van der Waals surface area contributed by atoms with E-state index in [9.17, 15) is 0 Å². The summed E-state index contributed by atoms with van der Waals surface area (Å²) in [5.41, 5.74) is 5.93. The molecule has 0 spiro atoms. The van der Waals surface area contributed by atoms with Crippen LogP contribution in [-0.2, 0) is 5.41 Å². The summed E-state index contributed by atoms with van der Waals surface area (Å²) in [5, 5.41) is 7.87. The Morgan fingerprint density at radius 1 is 0.465 bits per heavy atom. The average molecular weight is 570 g/mol. The highest BCUT2D eigenvalue weighted by Crippen LogP contribution is 2.44. The van der Waals surface area contributed by atoms with E-state index in [4.69, 9.17) is 0 Å². The van der Waals surface area contributed by atoms with Gasteiger partial charge in [-0.15, -0.1) is 11.3 Å². The molecule has 0 radical (unpaired) electrons. The Morgan fingerprint density at radius 3 is 1.95 bits per heavy atom. The molecule has 7 aromatic carbocycles. The van der Waals surface area contributed by atoms with Crippen molar-refractivity contribution in [3.05, 3.63) is 163 Å². The van der Waals surface area contributed by atoms with E-state index >= 15 is 0 Å². The van der Waals surface area contributed by atoms with Crippen LogP contribution in [0.15, 0.2) is 152 Å². The third-order valence-electron chi connectivity index (χ3n) is 8.92. The number of anilines is 3. The average Bonchev–Trinajstić information content (AvgIpc) is 3.44. The number of benzene rings is 7. The van der Waals surface area contributed by atoms with Gasteiger partial charge in [-0.05, 0) is 69.8 Å². The van der Waals surface area contributed by atoms with Crippen LogP contribution in [0.4, 0.5) is 17.1 Å². The molecule has 0 fully saturated rings. The molecule has 8 aromatic rings. The first kappa shape index (κ1) is 25.8. The van der Waals surface area contributed by atoms with Gasteiger partial charge in [-0.25, -0.2) is 0 Å². The highest BCUT2D eigenvalue weighted by atomic mass is 32.1. The van der Waals surface area contributed by atoms with Crippen LogP contribution < -0.4 is 4.90 Å². The number of fused-ring (bicyclic) bond motifs is 7. The van der Waals surface area contributed by atoms with Crippen LogP contribution in [0, 0.1) is 0 Å². The van der Waals surface area contributed by atoms with Gasteiger partial charge in [-0.3, -0.25) is 0 Å². The van der Waals surface area contributed by atoms with Crippen molar-refractivity contribution in [2.45, 2.75) is 19.3 Å². The molecule has 1 aromatic heterocycles. The van der Waals surface area contributed by atoms with Crippen molar-refractivity contribution < 1.29 is 0 Å². The number of nitrogens with zero attached hydrogens (tertiary/aromatic N) is 1. The smallest absolute Gasteiger partial charge is 0.0468 e. The van der Waals surface area contributed by atoms with Gasteiger partial charge in [0, 0.05) is 48.0 Å². The van der Waals surface area contributed by atoms with Crippen molar-refractivity contribution in [1.29, 1.82) is 0 Å². The number of thiophene rings is 1. The summed E-state index contributed by atoms with van der Waals surface area (Å²) in [6, 6.07) is 55.4. The fourth-order valence-corrected chi connectivity index (χ4v) is 7.78. The molecular weight excluding hydrogens is 539 g/mol. The minimum absolute atomic E-state index is 0.128. The van der Waals surface area contributed by atoms with Gasteiger partial charge in [0.1, 0.15) is 0 Å². The molecule has 0 saturated heterocycles. The zero-order valence-corrected chi connectivity index (χ0v) is 25.1. The molecule has 0 saturated carbocycles. The molecule has 0 N–H and O–H groups in total. The van der Waals surface area contributed by atoms with E-state index in [-0.39, 0.29) is 5.41 Å². The fourth-order valence-electron chi connectivity index (χ4n) is 6.53. The molecule has 2 heteroatoms. The van der Waals surface area contributed by atoms with Gasteiger partial charge in [0.15, 0.2) is 0 Å². The molecule has 1 nitrogen and oxygen atoms in total. The summed E-state index contributed by atoms with van der Waals surface area (Å²) in [7, 11) is 0. The minimum atomic E-state index is -0.128. The van der Waals surface area contributed by atoms with Crippen LogP contribution in [0.1, 0.15) is 25.0 Å². The van der Waals surface area contributed by atoms with Crippen LogP contribution in [0.2, 0.25) is 0 Å². The summed E-state index contributed by atoms with van der Waals surface area (Å²) < 4.78 is 2.67. The molecule has 1 heterocycles. The lowest BCUT2D eigenvalue weighted by atomic mass is 9.78. The van der Waals surface area contributed by atoms with E-state index < -0.39 is 0 Å². The molecule has 0 aliphatic rings. The molecule has 206 valence electrons. The first-order chi connectivity index (χ1) is 21.1. The third kappa shape index (κ3) is 4.29. The van der Waals surface area contributed by atoms with Gasteiger partial charge in [-0.2, -0.15) is 0 Å². The third-order valence-corrected chi connectivity index (χ3v) is 10.1. The summed E-state index contributed by atoms with van der Waals surface area (Å²) in [6.45, 7) is 4.62. The maximum absolute atomic E-state index is 2.39. The van der Waals surface area contributed by atoms with Gasteiger partial charge in [-0.1, -0.05) is 123 Å². The Bertz CT molecular complexity index is 2260. The first-order valence-corrected chi connectivity index (χ1v) is 15.7. The van der Waals surface area contributed by atoms with Crippen molar-refractivity contribution in [2.75, 3.05) is 4.90 Å². The van der Waals surface area contributed by atoms with Crippen LogP contribution in [0.25, 0.3) is 41.7 Å². The molecule has 0 aliphatic heterocycles. The summed E-state index contributed by atoms with van der Waals surface area (Å²) in [6.07, 6.45) is 0. The fraction of sp³-hybridized carbons (Fsp3) is 0.0732. The van der Waals surface area contributed by atoms with Crippen molar-refractivity contribution in [3.63, 3.8) is 0 Å². The van der Waals surface area contributed by atoms with E-state index in [1.165, 1.54) is 52.8 Å². The van der Waals surface area contributed by atoms with Crippen molar-refractivity contribution in [3.8, 4) is 0 Å². The van der Waals surface area contributed by atoms with Crippen LogP contribution in [0.5, 0.6) is 0 Å². The van der Waals surface area contributed by atoms with Crippen molar-refractivity contribution >= 4 is 70.1 Å². The van der Waals surface area contributed by atoms with Crippen LogP contribution in [-0.4, -0.2) is 0 Å². The normalized spacial score (nSPS) is 12.0. The molecule has 0 amide bonds. The molecule has 43 heavy (non-hydrogen) atoms. The largest absolute Gasteiger partial charge is 0.310 e. The Hall–Kier alpha value is -4.92. The highest BCUT2D eigenvalue weighted by molar-refractivity contribution is 7.26. The predicted octanol–water partition coefficient (Wildman–Crippen LogP) is 12.2. The minimum Gasteiger partial charge on any atom is -0.310 e. The SMILES string of the molecule is CC(C)(c1ccccc1)c1cccc(N(c2ccccc2)c2ccc3sc4c(ccc5ccc6ccccc6c54)c3c2)c1. The van der Waals surface area contributed by atoms with Gasteiger partial charge in [0.05, 0.1) is 0 Å². The Labute approximate surface area is 256 Å². The van der Waals surface area contributed by atoms with E-state index in [1.807, 2.05) is 11.3 Å². The monoisotopic (exact) mass is 569 g/mol. The lowest BCUT2D eigenvalue weighted by molar-refractivity contribution is 0.641. The molecule has 0 atom stereocenters. The Kier molecular flexibility index (Phi) is 6.06. The maximum atomic E-state index is 2.39. The second-order valence-corrected chi connectivity index (χ2v) is 12.9. The van der Waals surface area contributed by atoms with Crippen LogP contribution >= 0.6 is 11.3 Å². The topological polar surface area (TPSA) is 3.24 Å². The van der Waals surface area contributed by atoms with Crippen molar-refractivity contribution in [1.82, 2.24) is 0 Å². The maximum Gasteiger partial charge on any atom is 0.0468 e. The summed E-state index contributed by atoms with van der Waals surface area (Å²) >= 11 is 1.90. The van der Waals surface area contributed by atoms with Gasteiger partial charge in [0.2, 0.25) is 0 Å².